The van der Waals surface area contributed by atoms with Crippen LogP contribution in [0.5, 0.6) is 5.75 Å². The molecule has 6 nitrogen and oxygen atoms in total. The standard InChI is InChI=1S/C18H19N3O3S/c1-9-10(2)25-17-15(9)16(19-11(3)20-17)21-14(18(23)24)8-12-4-6-13(22)7-5-12/h4-7,14,22H,8H2,1-3H3,(H,23,24)(H,19,20,21). The van der Waals surface area contributed by atoms with Crippen molar-refractivity contribution in [1.29, 1.82) is 0 Å². The van der Waals surface area contributed by atoms with Crippen molar-refractivity contribution in [1.82, 2.24) is 9.97 Å². The minimum Gasteiger partial charge on any atom is -0.508 e. The molecule has 0 saturated heterocycles. The minimum atomic E-state index is -0.956. The molecule has 0 fully saturated rings. The van der Waals surface area contributed by atoms with Gasteiger partial charge in [-0.15, -0.1) is 11.3 Å². The van der Waals surface area contributed by atoms with Crippen LogP contribution in [0.2, 0.25) is 0 Å². The van der Waals surface area contributed by atoms with Crippen LogP contribution in [-0.2, 0) is 11.2 Å². The number of carboxylic acid groups (broad SMARTS) is 1. The molecule has 0 aliphatic rings. The van der Waals surface area contributed by atoms with E-state index in [2.05, 4.69) is 15.3 Å². The Morgan fingerprint density at radius 1 is 1.20 bits per heavy atom. The normalized spacial score (nSPS) is 12.3. The van der Waals surface area contributed by atoms with Crippen molar-refractivity contribution in [3.8, 4) is 5.75 Å². The van der Waals surface area contributed by atoms with Gasteiger partial charge in [0, 0.05) is 11.3 Å². The van der Waals surface area contributed by atoms with E-state index in [0.29, 0.717) is 11.6 Å². The Kier molecular flexibility index (Phi) is 4.59. The van der Waals surface area contributed by atoms with Crippen molar-refractivity contribution < 1.29 is 15.0 Å². The van der Waals surface area contributed by atoms with Crippen molar-refractivity contribution in [3.63, 3.8) is 0 Å². The lowest BCUT2D eigenvalue weighted by Crippen LogP contribution is -2.32. The number of hydrogen-bond donors (Lipinski definition) is 3. The second kappa shape index (κ2) is 6.68. The first-order chi connectivity index (χ1) is 11.8. The first kappa shape index (κ1) is 17.2. The van der Waals surface area contributed by atoms with E-state index in [1.807, 2.05) is 13.8 Å². The number of phenolic OH excluding ortho intramolecular Hbond substituents is 1. The van der Waals surface area contributed by atoms with Gasteiger partial charge in [0.1, 0.15) is 28.3 Å². The minimum absolute atomic E-state index is 0.154. The summed E-state index contributed by atoms with van der Waals surface area (Å²) in [6, 6.07) is 5.70. The maximum absolute atomic E-state index is 11.7. The second-order valence-electron chi connectivity index (χ2n) is 5.99. The molecule has 0 aliphatic carbocycles. The number of thiophene rings is 1. The molecule has 1 atom stereocenters. The number of nitrogens with zero attached hydrogens (tertiary/aromatic N) is 2. The third-order valence-electron chi connectivity index (χ3n) is 4.13. The summed E-state index contributed by atoms with van der Waals surface area (Å²) >= 11 is 1.58. The molecule has 3 rings (SSSR count). The maximum Gasteiger partial charge on any atom is 0.326 e. The summed E-state index contributed by atoms with van der Waals surface area (Å²) in [6.45, 7) is 5.81. The van der Waals surface area contributed by atoms with Gasteiger partial charge in [0.2, 0.25) is 0 Å². The zero-order valence-corrected chi connectivity index (χ0v) is 15.0. The van der Waals surface area contributed by atoms with Crippen LogP contribution in [0, 0.1) is 20.8 Å². The van der Waals surface area contributed by atoms with Gasteiger partial charge in [0.25, 0.3) is 0 Å². The van der Waals surface area contributed by atoms with Crippen molar-refractivity contribution in [2.75, 3.05) is 5.32 Å². The summed E-state index contributed by atoms with van der Waals surface area (Å²) < 4.78 is 0. The van der Waals surface area contributed by atoms with Crippen LogP contribution in [0.25, 0.3) is 10.2 Å². The van der Waals surface area contributed by atoms with E-state index in [1.54, 1.807) is 42.5 Å². The highest BCUT2D eigenvalue weighted by atomic mass is 32.1. The number of phenols is 1. The monoisotopic (exact) mass is 357 g/mol. The highest BCUT2D eigenvalue weighted by Gasteiger charge is 2.22. The number of aromatic nitrogens is 2. The third kappa shape index (κ3) is 3.56. The Morgan fingerprint density at radius 2 is 1.88 bits per heavy atom. The summed E-state index contributed by atoms with van der Waals surface area (Å²) in [5, 5.41) is 22.9. The van der Waals surface area contributed by atoms with E-state index in [-0.39, 0.29) is 12.2 Å². The fourth-order valence-corrected chi connectivity index (χ4v) is 3.77. The van der Waals surface area contributed by atoms with Gasteiger partial charge in [-0.3, -0.25) is 0 Å². The molecular formula is C18H19N3O3S. The molecule has 1 aromatic carbocycles. The predicted molar refractivity (Wildman–Crippen MR) is 98.5 cm³/mol. The van der Waals surface area contributed by atoms with Crippen LogP contribution >= 0.6 is 11.3 Å². The van der Waals surface area contributed by atoms with Crippen molar-refractivity contribution in [3.05, 3.63) is 46.1 Å². The molecule has 25 heavy (non-hydrogen) atoms. The van der Waals surface area contributed by atoms with Crippen LogP contribution < -0.4 is 5.32 Å². The lowest BCUT2D eigenvalue weighted by Gasteiger charge is -2.16. The fraction of sp³-hybridized carbons (Fsp3) is 0.278. The average molecular weight is 357 g/mol. The van der Waals surface area contributed by atoms with Gasteiger partial charge in [-0.1, -0.05) is 12.1 Å². The van der Waals surface area contributed by atoms with Crippen LogP contribution in [0.4, 0.5) is 5.82 Å². The predicted octanol–water partition coefficient (Wildman–Crippen LogP) is 3.43. The number of anilines is 1. The number of hydrogen-bond acceptors (Lipinski definition) is 6. The number of carboxylic acids is 1. The van der Waals surface area contributed by atoms with Crippen LogP contribution in [0.3, 0.4) is 0 Å². The highest BCUT2D eigenvalue weighted by Crippen LogP contribution is 2.33. The lowest BCUT2D eigenvalue weighted by molar-refractivity contribution is -0.137. The topological polar surface area (TPSA) is 95.3 Å². The largest absolute Gasteiger partial charge is 0.508 e. The van der Waals surface area contributed by atoms with Crippen molar-refractivity contribution in [2.24, 2.45) is 0 Å². The molecule has 3 N–H and O–H groups in total. The molecule has 130 valence electrons. The third-order valence-corrected chi connectivity index (χ3v) is 5.23. The molecule has 2 heterocycles. The van der Waals surface area contributed by atoms with E-state index in [4.69, 9.17) is 0 Å². The van der Waals surface area contributed by atoms with Crippen LogP contribution in [-0.4, -0.2) is 32.2 Å². The number of carbonyl (C=O) groups is 1. The van der Waals surface area contributed by atoms with Crippen molar-refractivity contribution >= 4 is 33.3 Å². The number of nitrogens with one attached hydrogen (secondary N) is 1. The molecule has 0 saturated carbocycles. The van der Waals surface area contributed by atoms with Gasteiger partial charge in [0.15, 0.2) is 0 Å². The summed E-state index contributed by atoms with van der Waals surface area (Å²) in [6.07, 6.45) is 0.280. The van der Waals surface area contributed by atoms with Gasteiger partial charge < -0.3 is 15.5 Å². The van der Waals surface area contributed by atoms with E-state index in [1.165, 1.54) is 0 Å². The van der Waals surface area contributed by atoms with E-state index < -0.39 is 12.0 Å². The molecule has 0 radical (unpaired) electrons. The van der Waals surface area contributed by atoms with Gasteiger partial charge in [-0.05, 0) is 44.0 Å². The summed E-state index contributed by atoms with van der Waals surface area (Å²) in [5.41, 5.74) is 1.88. The summed E-state index contributed by atoms with van der Waals surface area (Å²) in [7, 11) is 0. The number of aliphatic carboxylic acids is 1. The van der Waals surface area contributed by atoms with Crippen molar-refractivity contribution in [2.45, 2.75) is 33.2 Å². The zero-order chi connectivity index (χ0) is 18.1. The molecular weight excluding hydrogens is 338 g/mol. The van der Waals surface area contributed by atoms with E-state index in [9.17, 15) is 15.0 Å². The molecule has 2 aromatic heterocycles. The molecule has 1 unspecified atom stereocenters. The lowest BCUT2D eigenvalue weighted by atomic mass is 10.1. The number of aromatic hydroxyl groups is 1. The second-order valence-corrected chi connectivity index (χ2v) is 7.19. The Hall–Kier alpha value is -2.67. The molecule has 3 aromatic rings. The first-order valence-electron chi connectivity index (χ1n) is 7.86. The number of aryl methyl sites for hydroxylation is 3. The van der Waals surface area contributed by atoms with Gasteiger partial charge in [-0.25, -0.2) is 14.8 Å². The maximum atomic E-state index is 11.7. The first-order valence-corrected chi connectivity index (χ1v) is 8.68. The molecule has 0 aliphatic heterocycles. The zero-order valence-electron chi connectivity index (χ0n) is 14.2. The van der Waals surface area contributed by atoms with E-state index in [0.717, 1.165) is 26.2 Å². The number of rotatable bonds is 5. The Balaban J connectivity index is 1.96. The highest BCUT2D eigenvalue weighted by molar-refractivity contribution is 7.18. The van der Waals surface area contributed by atoms with Gasteiger partial charge >= 0.3 is 5.97 Å². The summed E-state index contributed by atoms with van der Waals surface area (Å²) in [4.78, 5) is 22.6. The molecule has 0 spiro atoms. The summed E-state index contributed by atoms with van der Waals surface area (Å²) in [5.74, 6) is 0.351. The quantitative estimate of drug-likeness (QED) is 0.647. The smallest absolute Gasteiger partial charge is 0.326 e. The Morgan fingerprint density at radius 3 is 2.52 bits per heavy atom. The van der Waals surface area contributed by atoms with Crippen LogP contribution in [0.15, 0.2) is 24.3 Å². The van der Waals surface area contributed by atoms with Crippen LogP contribution in [0.1, 0.15) is 21.8 Å². The number of fused-ring (bicyclic) bond motifs is 1. The number of benzene rings is 1. The fourth-order valence-electron chi connectivity index (χ4n) is 2.69. The molecule has 7 heteroatoms. The molecule has 0 amide bonds. The Bertz CT molecular complexity index is 935. The molecule has 0 bridgehead atoms. The van der Waals surface area contributed by atoms with Gasteiger partial charge in [-0.2, -0.15) is 0 Å². The van der Waals surface area contributed by atoms with Gasteiger partial charge in [0.05, 0.1) is 5.39 Å². The SMILES string of the molecule is Cc1nc(NC(Cc2ccc(O)cc2)C(=O)O)c2c(C)c(C)sc2n1. The Labute approximate surface area is 149 Å². The average Bonchev–Trinajstić information content (AvgIpc) is 2.83. The van der Waals surface area contributed by atoms with E-state index >= 15 is 0 Å².